The predicted molar refractivity (Wildman–Crippen MR) is 87.4 cm³/mol. The van der Waals surface area contributed by atoms with Crippen LogP contribution in [-0.4, -0.2) is 17.7 Å². The number of oxime groups is 1. The highest BCUT2D eigenvalue weighted by atomic mass is 16.6. The molecule has 1 aliphatic rings. The third-order valence-corrected chi connectivity index (χ3v) is 3.72. The van der Waals surface area contributed by atoms with Gasteiger partial charge in [0, 0.05) is 11.3 Å². The number of para-hydroxylation sites is 2. The number of hydrogen-bond donors (Lipinski definition) is 0. The summed E-state index contributed by atoms with van der Waals surface area (Å²) in [4.78, 5) is 19.9. The summed E-state index contributed by atoms with van der Waals surface area (Å²) >= 11 is 0. The maximum atomic E-state index is 12.8. The lowest BCUT2D eigenvalue weighted by Gasteiger charge is -2.16. The molecular weight excluding hydrogens is 276 g/mol. The number of hydrogen-bond acceptors (Lipinski definition) is 3. The number of nitrogens with zero attached hydrogens (tertiary/aromatic N) is 2. The minimum Gasteiger partial charge on any atom is -0.392 e. The van der Waals surface area contributed by atoms with E-state index in [1.165, 1.54) is 0 Å². The topological polar surface area (TPSA) is 41.9 Å². The number of fused-ring (bicyclic) bond motifs is 1. The van der Waals surface area contributed by atoms with Crippen molar-refractivity contribution in [2.45, 2.75) is 26.4 Å². The van der Waals surface area contributed by atoms with Gasteiger partial charge in [0.1, 0.15) is 6.10 Å². The molecule has 0 saturated heterocycles. The molecule has 1 aliphatic heterocycles. The number of rotatable bonds is 4. The van der Waals surface area contributed by atoms with Crippen LogP contribution in [0.3, 0.4) is 0 Å². The Hall–Kier alpha value is -2.62. The molecular formula is C18H18N2O2. The zero-order valence-corrected chi connectivity index (χ0v) is 12.7. The number of anilines is 2. The third-order valence-electron chi connectivity index (χ3n) is 3.72. The van der Waals surface area contributed by atoms with Gasteiger partial charge in [0.05, 0.1) is 5.69 Å². The molecule has 0 unspecified atom stereocenters. The smallest absolute Gasteiger partial charge is 0.285 e. The van der Waals surface area contributed by atoms with Crippen LogP contribution < -0.4 is 4.90 Å². The molecule has 0 fully saturated rings. The first-order chi connectivity index (χ1) is 10.7. The lowest BCUT2D eigenvalue weighted by molar-refractivity contribution is -0.111. The summed E-state index contributed by atoms with van der Waals surface area (Å²) in [5.41, 5.74) is 2.83. The molecule has 1 amide bonds. The van der Waals surface area contributed by atoms with Gasteiger partial charge in [-0.05, 0) is 31.5 Å². The van der Waals surface area contributed by atoms with Crippen molar-refractivity contribution >= 4 is 23.0 Å². The molecule has 0 aromatic heterocycles. The molecule has 0 aliphatic carbocycles. The van der Waals surface area contributed by atoms with Gasteiger partial charge in [-0.2, -0.15) is 0 Å². The summed E-state index contributed by atoms with van der Waals surface area (Å²) in [5.74, 6) is -0.157. The fraction of sp³-hybridized carbons (Fsp3) is 0.222. The Morgan fingerprint density at radius 3 is 2.50 bits per heavy atom. The van der Waals surface area contributed by atoms with Crippen molar-refractivity contribution in [2.75, 3.05) is 4.90 Å². The van der Waals surface area contributed by atoms with Crippen molar-refractivity contribution in [1.82, 2.24) is 0 Å². The summed E-state index contributed by atoms with van der Waals surface area (Å²) in [7, 11) is 0. The van der Waals surface area contributed by atoms with Crippen molar-refractivity contribution in [3.8, 4) is 0 Å². The largest absolute Gasteiger partial charge is 0.392 e. The third kappa shape index (κ3) is 2.48. The fourth-order valence-electron chi connectivity index (χ4n) is 2.34. The molecule has 0 saturated carbocycles. The zero-order valence-electron chi connectivity index (χ0n) is 12.7. The monoisotopic (exact) mass is 294 g/mol. The molecule has 4 nitrogen and oxygen atoms in total. The number of carbonyl (C=O) groups is 1. The van der Waals surface area contributed by atoms with Gasteiger partial charge in [-0.15, -0.1) is 0 Å². The van der Waals surface area contributed by atoms with E-state index in [2.05, 4.69) is 5.16 Å². The Balaban J connectivity index is 2.04. The second-order valence-corrected chi connectivity index (χ2v) is 5.26. The Labute approximate surface area is 130 Å². The molecule has 4 heteroatoms. The van der Waals surface area contributed by atoms with Crippen LogP contribution in [0.5, 0.6) is 0 Å². The van der Waals surface area contributed by atoms with Crippen LogP contribution in [0.4, 0.5) is 11.4 Å². The first-order valence-corrected chi connectivity index (χ1v) is 7.45. The van der Waals surface area contributed by atoms with Gasteiger partial charge >= 0.3 is 0 Å². The molecule has 3 rings (SSSR count). The molecule has 0 bridgehead atoms. The van der Waals surface area contributed by atoms with Crippen LogP contribution in [0, 0.1) is 0 Å². The van der Waals surface area contributed by atoms with Gasteiger partial charge < -0.3 is 4.84 Å². The normalized spacial score (nSPS) is 16.7. The summed E-state index contributed by atoms with van der Waals surface area (Å²) < 4.78 is 0. The van der Waals surface area contributed by atoms with E-state index in [4.69, 9.17) is 4.84 Å². The fourth-order valence-corrected chi connectivity index (χ4v) is 2.34. The second kappa shape index (κ2) is 6.02. The van der Waals surface area contributed by atoms with Crippen molar-refractivity contribution in [3.05, 3.63) is 60.2 Å². The van der Waals surface area contributed by atoms with Crippen LogP contribution in [0.1, 0.15) is 25.8 Å². The van der Waals surface area contributed by atoms with Crippen LogP contribution in [0.2, 0.25) is 0 Å². The quantitative estimate of drug-likeness (QED) is 0.803. The van der Waals surface area contributed by atoms with Crippen LogP contribution in [0.15, 0.2) is 59.8 Å². The first kappa shape index (κ1) is 14.3. The van der Waals surface area contributed by atoms with Crippen molar-refractivity contribution in [3.63, 3.8) is 0 Å². The highest BCUT2D eigenvalue weighted by Crippen LogP contribution is 2.35. The molecule has 1 heterocycles. The Morgan fingerprint density at radius 2 is 1.77 bits per heavy atom. The van der Waals surface area contributed by atoms with Gasteiger partial charge in [0.2, 0.25) is 0 Å². The van der Waals surface area contributed by atoms with Gasteiger partial charge in [0.15, 0.2) is 5.71 Å². The van der Waals surface area contributed by atoms with Crippen LogP contribution in [-0.2, 0) is 9.63 Å². The lowest BCUT2D eigenvalue weighted by atomic mass is 10.1. The number of carbonyl (C=O) groups excluding carboxylic acids is 1. The Kier molecular flexibility index (Phi) is 3.92. The maximum absolute atomic E-state index is 12.8. The second-order valence-electron chi connectivity index (χ2n) is 5.26. The molecule has 0 radical (unpaired) electrons. The average Bonchev–Trinajstić information content (AvgIpc) is 2.85. The van der Waals surface area contributed by atoms with E-state index in [0.29, 0.717) is 5.71 Å². The minimum atomic E-state index is -0.157. The van der Waals surface area contributed by atoms with E-state index in [0.717, 1.165) is 23.4 Å². The van der Waals surface area contributed by atoms with Gasteiger partial charge in [-0.3, -0.25) is 9.69 Å². The van der Waals surface area contributed by atoms with Gasteiger partial charge in [-0.25, -0.2) is 0 Å². The Morgan fingerprint density at radius 1 is 1.09 bits per heavy atom. The summed E-state index contributed by atoms with van der Waals surface area (Å²) in [6.45, 7) is 3.95. The summed E-state index contributed by atoms with van der Waals surface area (Å²) in [6, 6.07) is 17.2. The molecule has 1 atom stereocenters. The van der Waals surface area contributed by atoms with E-state index >= 15 is 0 Å². The molecule has 22 heavy (non-hydrogen) atoms. The van der Waals surface area contributed by atoms with Crippen molar-refractivity contribution in [1.29, 1.82) is 0 Å². The Bertz CT molecular complexity index is 710. The van der Waals surface area contributed by atoms with E-state index in [1.54, 1.807) is 4.90 Å². The molecule has 112 valence electrons. The summed E-state index contributed by atoms with van der Waals surface area (Å²) in [6.07, 6.45) is 0.827. The minimum absolute atomic E-state index is 0.0155. The van der Waals surface area contributed by atoms with Gasteiger partial charge in [-0.1, -0.05) is 48.5 Å². The van der Waals surface area contributed by atoms with Crippen molar-refractivity contribution in [2.24, 2.45) is 5.16 Å². The SMILES string of the molecule is CC[C@@H](C)O/N=C1\C(=O)N(c2ccccc2)c2ccccc21. The highest BCUT2D eigenvalue weighted by Gasteiger charge is 2.35. The van der Waals surface area contributed by atoms with Crippen LogP contribution >= 0.6 is 0 Å². The van der Waals surface area contributed by atoms with E-state index in [9.17, 15) is 4.79 Å². The molecule has 0 N–H and O–H groups in total. The zero-order chi connectivity index (χ0) is 15.5. The predicted octanol–water partition coefficient (Wildman–Crippen LogP) is 3.88. The number of amides is 1. The van der Waals surface area contributed by atoms with Gasteiger partial charge in [0.25, 0.3) is 5.91 Å². The maximum Gasteiger partial charge on any atom is 0.285 e. The standard InChI is InChI=1S/C18H18N2O2/c1-3-13(2)22-19-17-15-11-7-8-12-16(15)20(18(17)21)14-9-5-4-6-10-14/h4-13H,3H2,1-2H3/b19-17-/t13-/m1/s1. The average molecular weight is 294 g/mol. The lowest BCUT2D eigenvalue weighted by Crippen LogP contribution is -2.25. The van der Waals surface area contributed by atoms with E-state index in [1.807, 2.05) is 68.4 Å². The van der Waals surface area contributed by atoms with Crippen molar-refractivity contribution < 1.29 is 9.63 Å². The number of benzene rings is 2. The van der Waals surface area contributed by atoms with Crippen LogP contribution in [0.25, 0.3) is 0 Å². The summed E-state index contributed by atoms with van der Waals surface area (Å²) in [5, 5.41) is 4.12. The molecule has 2 aromatic rings. The molecule has 0 spiro atoms. The first-order valence-electron chi connectivity index (χ1n) is 7.45. The highest BCUT2D eigenvalue weighted by molar-refractivity contribution is 6.55. The van der Waals surface area contributed by atoms with E-state index in [-0.39, 0.29) is 12.0 Å². The molecule has 2 aromatic carbocycles. The van der Waals surface area contributed by atoms with E-state index < -0.39 is 0 Å².